The van der Waals surface area contributed by atoms with Gasteiger partial charge in [0.1, 0.15) is 0 Å². The van der Waals surface area contributed by atoms with Crippen LogP contribution in [0.5, 0.6) is 0 Å². The van der Waals surface area contributed by atoms with Crippen molar-refractivity contribution in [1.29, 1.82) is 0 Å². The van der Waals surface area contributed by atoms with Crippen LogP contribution in [0, 0.1) is 0 Å². The second-order valence-electron chi connectivity index (χ2n) is 6.94. The number of hydrogen-bond donors (Lipinski definition) is 1. The van der Waals surface area contributed by atoms with Crippen molar-refractivity contribution < 1.29 is 4.79 Å². The number of likely N-dealkylation sites (tertiary alicyclic amines) is 1. The van der Waals surface area contributed by atoms with E-state index < -0.39 is 0 Å². The highest BCUT2D eigenvalue weighted by atomic mass is 16.2. The van der Waals surface area contributed by atoms with Crippen LogP contribution in [-0.4, -0.2) is 39.7 Å². The Bertz CT molecular complexity index is 870. The van der Waals surface area contributed by atoms with E-state index in [1.54, 1.807) is 10.9 Å². The van der Waals surface area contributed by atoms with E-state index in [9.17, 15) is 4.79 Å². The van der Waals surface area contributed by atoms with Gasteiger partial charge < -0.3 is 5.32 Å². The molecule has 0 aliphatic carbocycles. The molecule has 0 unspecified atom stereocenters. The van der Waals surface area contributed by atoms with E-state index in [4.69, 9.17) is 0 Å². The fourth-order valence-corrected chi connectivity index (χ4v) is 3.65. The lowest BCUT2D eigenvalue weighted by atomic mass is 10.0. The zero-order valence-corrected chi connectivity index (χ0v) is 15.3. The second-order valence-corrected chi connectivity index (χ2v) is 6.94. The van der Waals surface area contributed by atoms with Crippen LogP contribution in [0.1, 0.15) is 18.4 Å². The molecule has 0 radical (unpaired) electrons. The first-order valence-corrected chi connectivity index (χ1v) is 9.48. The van der Waals surface area contributed by atoms with E-state index in [1.807, 2.05) is 54.7 Å². The molecule has 2 heterocycles. The minimum absolute atomic E-state index is 0.0540. The predicted molar refractivity (Wildman–Crippen MR) is 107 cm³/mol. The maximum Gasteiger partial charge on any atom is 0.242 e. The van der Waals surface area contributed by atoms with Crippen molar-refractivity contribution in [2.24, 2.45) is 0 Å². The van der Waals surface area contributed by atoms with E-state index in [1.165, 1.54) is 5.56 Å². The second kappa shape index (κ2) is 8.18. The molecule has 1 aliphatic heterocycles. The van der Waals surface area contributed by atoms with E-state index in [2.05, 4.69) is 27.4 Å². The van der Waals surface area contributed by atoms with Crippen molar-refractivity contribution >= 4 is 11.6 Å². The smallest absolute Gasteiger partial charge is 0.242 e. The van der Waals surface area contributed by atoms with Crippen LogP contribution < -0.4 is 5.32 Å². The Labute approximate surface area is 159 Å². The lowest BCUT2D eigenvalue weighted by Gasteiger charge is -2.26. The van der Waals surface area contributed by atoms with E-state index in [-0.39, 0.29) is 11.9 Å². The molecule has 138 valence electrons. The van der Waals surface area contributed by atoms with E-state index in [0.29, 0.717) is 0 Å². The van der Waals surface area contributed by atoms with E-state index in [0.717, 1.165) is 43.7 Å². The summed E-state index contributed by atoms with van der Waals surface area (Å²) < 4.78 is 1.79. The summed E-state index contributed by atoms with van der Waals surface area (Å²) in [5.41, 5.74) is 2.92. The average molecular weight is 360 g/mol. The zero-order chi connectivity index (χ0) is 18.5. The average Bonchev–Trinajstić information content (AvgIpc) is 3.41. The van der Waals surface area contributed by atoms with Crippen LogP contribution in [-0.2, 0) is 11.2 Å². The molecule has 5 nitrogen and oxygen atoms in total. The summed E-state index contributed by atoms with van der Waals surface area (Å²) in [5, 5.41) is 7.38. The molecule has 0 spiro atoms. The topological polar surface area (TPSA) is 50.2 Å². The van der Waals surface area contributed by atoms with Gasteiger partial charge in [0, 0.05) is 18.1 Å². The number of hydrogen-bond acceptors (Lipinski definition) is 3. The number of nitrogens with zero attached hydrogens (tertiary/aromatic N) is 3. The van der Waals surface area contributed by atoms with Gasteiger partial charge in [0.15, 0.2) is 0 Å². The summed E-state index contributed by atoms with van der Waals surface area (Å²) in [6.07, 6.45) is 6.68. The van der Waals surface area contributed by atoms with Crippen molar-refractivity contribution in [1.82, 2.24) is 14.7 Å². The van der Waals surface area contributed by atoms with Crippen LogP contribution in [0.25, 0.3) is 5.69 Å². The van der Waals surface area contributed by atoms with Crippen LogP contribution >= 0.6 is 0 Å². The normalized spacial score (nSPS) is 15.6. The van der Waals surface area contributed by atoms with Gasteiger partial charge in [0.2, 0.25) is 5.91 Å². The molecule has 1 saturated heterocycles. The minimum Gasteiger partial charge on any atom is -0.325 e. The van der Waals surface area contributed by atoms with Crippen LogP contribution in [0.3, 0.4) is 0 Å². The van der Waals surface area contributed by atoms with Crippen molar-refractivity contribution in [3.05, 3.63) is 78.6 Å². The Balaban J connectivity index is 1.52. The van der Waals surface area contributed by atoms with Gasteiger partial charge in [-0.3, -0.25) is 9.69 Å². The Morgan fingerprint density at radius 2 is 1.85 bits per heavy atom. The molecule has 5 heteroatoms. The molecule has 27 heavy (non-hydrogen) atoms. The van der Waals surface area contributed by atoms with Crippen molar-refractivity contribution in [2.45, 2.75) is 25.3 Å². The third-order valence-corrected chi connectivity index (χ3v) is 5.04. The fraction of sp³-hybridized carbons (Fsp3) is 0.273. The molecular formula is C22H24N4O. The first-order chi connectivity index (χ1) is 13.3. The lowest BCUT2D eigenvalue weighted by Crippen LogP contribution is -2.44. The fourth-order valence-electron chi connectivity index (χ4n) is 3.65. The first-order valence-electron chi connectivity index (χ1n) is 9.48. The molecule has 1 fully saturated rings. The largest absolute Gasteiger partial charge is 0.325 e. The van der Waals surface area contributed by atoms with Crippen LogP contribution in [0.2, 0.25) is 0 Å². The number of rotatable bonds is 6. The quantitative estimate of drug-likeness (QED) is 0.732. The molecule has 1 aromatic heterocycles. The Hall–Kier alpha value is -2.92. The standard InChI is InChI=1S/C22H24N4O/c27-22(24-19-10-6-11-20(17-19)26-15-7-12-23-26)21(25-13-4-5-14-25)16-18-8-2-1-3-9-18/h1-3,6-12,15,17,21H,4-5,13-14,16H2,(H,24,27)/t21-/m0/s1. The number of benzene rings is 2. The summed E-state index contributed by atoms with van der Waals surface area (Å²) in [6.45, 7) is 1.97. The predicted octanol–water partition coefficient (Wildman–Crippen LogP) is 3.52. The maximum atomic E-state index is 13.1. The highest BCUT2D eigenvalue weighted by molar-refractivity contribution is 5.95. The Morgan fingerprint density at radius 3 is 2.59 bits per heavy atom. The van der Waals surface area contributed by atoms with Gasteiger partial charge in [-0.1, -0.05) is 36.4 Å². The lowest BCUT2D eigenvalue weighted by molar-refractivity contribution is -0.120. The van der Waals surface area contributed by atoms with Crippen LogP contribution in [0.4, 0.5) is 5.69 Å². The first kappa shape index (κ1) is 17.5. The molecule has 4 rings (SSSR count). The molecule has 2 aromatic carbocycles. The number of aromatic nitrogens is 2. The third kappa shape index (κ3) is 4.26. The SMILES string of the molecule is O=C(Nc1cccc(-n2cccn2)c1)[C@H](Cc1ccccc1)N1CCCC1. The molecule has 3 aromatic rings. The number of carbonyl (C=O) groups excluding carboxylic acids is 1. The summed E-state index contributed by atoms with van der Waals surface area (Å²) in [4.78, 5) is 15.4. The highest BCUT2D eigenvalue weighted by Crippen LogP contribution is 2.19. The molecule has 0 bridgehead atoms. The molecule has 1 amide bonds. The summed E-state index contributed by atoms with van der Waals surface area (Å²) in [5.74, 6) is 0.0540. The number of nitrogens with one attached hydrogen (secondary N) is 1. The van der Waals surface area contributed by atoms with Crippen molar-refractivity contribution in [3.8, 4) is 5.69 Å². The van der Waals surface area contributed by atoms with Gasteiger partial charge in [0.05, 0.1) is 11.7 Å². The summed E-state index contributed by atoms with van der Waals surface area (Å²) >= 11 is 0. The summed E-state index contributed by atoms with van der Waals surface area (Å²) in [6, 6.07) is 19.8. The monoisotopic (exact) mass is 360 g/mol. The molecule has 1 N–H and O–H groups in total. The maximum absolute atomic E-state index is 13.1. The number of amides is 1. The van der Waals surface area contributed by atoms with Gasteiger partial charge in [-0.2, -0.15) is 5.10 Å². The minimum atomic E-state index is -0.150. The molecule has 1 atom stereocenters. The zero-order valence-electron chi connectivity index (χ0n) is 15.3. The Kier molecular flexibility index (Phi) is 5.30. The molecule has 1 aliphatic rings. The van der Waals surface area contributed by atoms with Gasteiger partial charge in [-0.25, -0.2) is 4.68 Å². The molecule has 0 saturated carbocycles. The van der Waals surface area contributed by atoms with Gasteiger partial charge in [0.25, 0.3) is 0 Å². The number of anilines is 1. The third-order valence-electron chi connectivity index (χ3n) is 5.04. The number of carbonyl (C=O) groups is 1. The highest BCUT2D eigenvalue weighted by Gasteiger charge is 2.28. The van der Waals surface area contributed by atoms with Crippen molar-refractivity contribution in [3.63, 3.8) is 0 Å². The van der Waals surface area contributed by atoms with Gasteiger partial charge in [-0.15, -0.1) is 0 Å². The van der Waals surface area contributed by atoms with Gasteiger partial charge in [-0.05, 0) is 62.2 Å². The molecular weight excluding hydrogens is 336 g/mol. The van der Waals surface area contributed by atoms with Crippen LogP contribution in [0.15, 0.2) is 73.1 Å². The Morgan fingerprint density at radius 1 is 1.04 bits per heavy atom. The summed E-state index contributed by atoms with van der Waals surface area (Å²) in [7, 11) is 0. The van der Waals surface area contributed by atoms with E-state index >= 15 is 0 Å². The van der Waals surface area contributed by atoms with Gasteiger partial charge >= 0.3 is 0 Å². The van der Waals surface area contributed by atoms with Crippen molar-refractivity contribution in [2.75, 3.05) is 18.4 Å².